The van der Waals surface area contributed by atoms with Crippen molar-refractivity contribution in [2.45, 2.75) is 27.7 Å². The highest BCUT2D eigenvalue weighted by atomic mass is 31.2. The lowest BCUT2D eigenvalue weighted by Crippen LogP contribution is -2.46. The first-order valence-electron chi connectivity index (χ1n) is 11.0. The molecule has 2 aliphatic heterocycles. The van der Waals surface area contributed by atoms with E-state index in [1.54, 1.807) is 27.7 Å². The highest BCUT2D eigenvalue weighted by molar-refractivity contribution is 7.58. The summed E-state index contributed by atoms with van der Waals surface area (Å²) in [5.41, 5.74) is -0.783. The van der Waals surface area contributed by atoms with E-state index in [0.29, 0.717) is 0 Å². The van der Waals surface area contributed by atoms with Gasteiger partial charge in [-0.1, -0.05) is 0 Å². The second-order valence-electron chi connectivity index (χ2n) is 7.60. The summed E-state index contributed by atoms with van der Waals surface area (Å²) in [4.78, 5) is 0. The van der Waals surface area contributed by atoms with Crippen molar-refractivity contribution in [3.8, 4) is 0 Å². The highest BCUT2D eigenvalue weighted by Gasteiger charge is 2.49. The molecule has 0 aromatic heterocycles. The third kappa shape index (κ3) is 8.89. The van der Waals surface area contributed by atoms with Crippen LogP contribution < -0.4 is 0 Å². The van der Waals surface area contributed by atoms with Gasteiger partial charge in [0.2, 0.25) is 0 Å². The van der Waals surface area contributed by atoms with Crippen molar-refractivity contribution >= 4 is 30.4 Å². The predicted octanol–water partition coefficient (Wildman–Crippen LogP) is 4.98. The maximum atomic E-state index is 12.9. The first-order valence-corrected chi connectivity index (χ1v) is 17.9. The number of rotatable bonds is 14. The van der Waals surface area contributed by atoms with Crippen molar-refractivity contribution in [2.24, 2.45) is 5.41 Å². The molecular formula is C17H36O12P4. The summed E-state index contributed by atoms with van der Waals surface area (Å²) >= 11 is 0. The topological polar surface area (TPSA) is 142 Å². The van der Waals surface area contributed by atoms with Crippen LogP contribution in [-0.4, -0.2) is 77.5 Å². The van der Waals surface area contributed by atoms with Crippen LogP contribution in [0.25, 0.3) is 0 Å². The van der Waals surface area contributed by atoms with E-state index in [1.807, 2.05) is 0 Å². The first-order chi connectivity index (χ1) is 15.5. The van der Waals surface area contributed by atoms with Gasteiger partial charge in [0.15, 0.2) is 0 Å². The quantitative estimate of drug-likeness (QED) is 0.266. The minimum atomic E-state index is -3.51. The molecule has 0 aromatic carbocycles. The Balaban J connectivity index is 1.87. The largest absolute Gasteiger partial charge is 0.331 e. The Labute approximate surface area is 195 Å². The van der Waals surface area contributed by atoms with E-state index < -0.39 is 35.8 Å². The second-order valence-corrected chi connectivity index (χ2v) is 16.3. The summed E-state index contributed by atoms with van der Waals surface area (Å²) in [6.45, 7) is 7.55. The van der Waals surface area contributed by atoms with E-state index in [0.717, 1.165) is 0 Å². The third-order valence-corrected chi connectivity index (χ3v) is 13.4. The summed E-state index contributed by atoms with van der Waals surface area (Å²) in [5.74, 6) is 0. The summed E-state index contributed by atoms with van der Waals surface area (Å²) in [5, 5.41) is 0. The zero-order chi connectivity index (χ0) is 24.6. The van der Waals surface area contributed by atoms with Crippen molar-refractivity contribution in [3.63, 3.8) is 0 Å². The van der Waals surface area contributed by atoms with Crippen LogP contribution >= 0.6 is 30.4 Å². The molecule has 0 aromatic rings. The Hall–Kier alpha value is 0.600. The van der Waals surface area contributed by atoms with Crippen molar-refractivity contribution < 1.29 is 54.5 Å². The van der Waals surface area contributed by atoms with Crippen molar-refractivity contribution in [2.75, 3.05) is 77.5 Å². The lowest BCUT2D eigenvalue weighted by atomic mass is 9.93. The molecule has 0 N–H and O–H groups in total. The van der Waals surface area contributed by atoms with Gasteiger partial charge in [-0.15, -0.1) is 0 Å². The van der Waals surface area contributed by atoms with Crippen LogP contribution in [-0.2, 0) is 54.5 Å². The first kappa shape index (κ1) is 29.8. The summed E-state index contributed by atoms with van der Waals surface area (Å²) in [6.07, 6.45) is -0.433. The van der Waals surface area contributed by atoms with Gasteiger partial charge in [0.05, 0.1) is 82.9 Å². The van der Waals surface area contributed by atoms with Crippen molar-refractivity contribution in [1.82, 2.24) is 0 Å². The summed E-state index contributed by atoms with van der Waals surface area (Å²) in [7, 11) is -13.8. The lowest BCUT2D eigenvalue weighted by Gasteiger charge is -2.43. The van der Waals surface area contributed by atoms with Crippen LogP contribution in [0, 0.1) is 5.41 Å². The molecule has 2 aliphatic rings. The third-order valence-electron chi connectivity index (χ3n) is 4.87. The fourth-order valence-electron chi connectivity index (χ4n) is 3.13. The minimum absolute atomic E-state index is 0.00572. The maximum absolute atomic E-state index is 12.9. The molecule has 0 unspecified atom stereocenters. The van der Waals surface area contributed by atoms with E-state index in [9.17, 15) is 18.3 Å². The molecule has 0 saturated carbocycles. The standard InChI is InChI=1S/C17H36O12P4/c1-5-22-30(18,23-6-2)9-11-32(20)26-13-17(14-27-32)15-28-33(21,29-16-17)12-10-31(19,24-7-3)25-8-4/h5-16H2,1-4H3. The smallest absolute Gasteiger partial charge is 0.309 e. The van der Waals surface area contributed by atoms with Gasteiger partial charge in [-0.25, -0.2) is 0 Å². The van der Waals surface area contributed by atoms with Crippen molar-refractivity contribution in [1.29, 1.82) is 0 Å². The monoisotopic (exact) mass is 556 g/mol. The molecule has 2 fully saturated rings. The average Bonchev–Trinajstić information content (AvgIpc) is 2.77. The highest BCUT2D eigenvalue weighted by Crippen LogP contribution is 2.62. The lowest BCUT2D eigenvalue weighted by molar-refractivity contribution is -0.0681. The van der Waals surface area contributed by atoms with Crippen LogP contribution in [0.4, 0.5) is 0 Å². The van der Waals surface area contributed by atoms with Crippen LogP contribution in [0.15, 0.2) is 0 Å². The Morgan fingerprint density at radius 2 is 0.909 bits per heavy atom. The van der Waals surface area contributed by atoms with Crippen LogP contribution in [0.5, 0.6) is 0 Å². The molecule has 1 spiro atoms. The van der Waals surface area contributed by atoms with Crippen LogP contribution in [0.3, 0.4) is 0 Å². The summed E-state index contributed by atoms with van der Waals surface area (Å²) in [6, 6.07) is 0. The van der Waals surface area contributed by atoms with Gasteiger partial charge in [-0.05, 0) is 27.7 Å². The SMILES string of the molecule is CCOP(=O)(CCP1(=O)OCC2(CO1)COP(=O)(CCP(=O)(OCC)OCC)OC2)OCC. The van der Waals surface area contributed by atoms with E-state index in [4.69, 9.17) is 36.2 Å². The van der Waals surface area contributed by atoms with Gasteiger partial charge < -0.3 is 36.2 Å². The van der Waals surface area contributed by atoms with Gasteiger partial charge in [0, 0.05) is 0 Å². The zero-order valence-corrected chi connectivity index (χ0v) is 23.3. The molecule has 12 nitrogen and oxygen atoms in total. The summed E-state index contributed by atoms with van der Waals surface area (Å²) < 4.78 is 93.9. The van der Waals surface area contributed by atoms with E-state index in [1.165, 1.54) is 0 Å². The van der Waals surface area contributed by atoms with Gasteiger partial charge in [-0.2, -0.15) is 0 Å². The van der Waals surface area contributed by atoms with E-state index in [-0.39, 0.29) is 77.5 Å². The Morgan fingerprint density at radius 3 is 1.15 bits per heavy atom. The van der Waals surface area contributed by atoms with Gasteiger partial charge in [0.25, 0.3) is 0 Å². The van der Waals surface area contributed by atoms with E-state index in [2.05, 4.69) is 0 Å². The predicted molar refractivity (Wildman–Crippen MR) is 123 cm³/mol. The fourth-order valence-corrected chi connectivity index (χ4v) is 11.8. The zero-order valence-electron chi connectivity index (χ0n) is 19.7. The molecular weight excluding hydrogens is 520 g/mol. The van der Waals surface area contributed by atoms with E-state index >= 15 is 0 Å². The molecule has 0 amide bonds. The molecule has 0 aliphatic carbocycles. The maximum Gasteiger partial charge on any atom is 0.331 e. The number of hydrogen-bond donors (Lipinski definition) is 0. The van der Waals surface area contributed by atoms with Gasteiger partial charge >= 0.3 is 30.4 Å². The van der Waals surface area contributed by atoms with Crippen LogP contribution in [0.1, 0.15) is 27.7 Å². The molecule has 0 radical (unpaired) electrons. The molecule has 2 rings (SSSR count). The Bertz CT molecular complexity index is 704. The molecule has 0 atom stereocenters. The second kappa shape index (κ2) is 12.7. The minimum Gasteiger partial charge on any atom is -0.309 e. The van der Waals surface area contributed by atoms with Crippen molar-refractivity contribution in [3.05, 3.63) is 0 Å². The molecule has 33 heavy (non-hydrogen) atoms. The molecule has 2 saturated heterocycles. The Kier molecular flexibility index (Phi) is 11.5. The van der Waals surface area contributed by atoms with Gasteiger partial charge in [0.1, 0.15) is 0 Å². The molecule has 2 heterocycles. The normalized spacial score (nSPS) is 31.2. The van der Waals surface area contributed by atoms with Gasteiger partial charge in [-0.3, -0.25) is 18.3 Å². The number of hydrogen-bond acceptors (Lipinski definition) is 12. The molecule has 0 bridgehead atoms. The molecule has 196 valence electrons. The average molecular weight is 556 g/mol. The molecule has 16 heteroatoms. The Morgan fingerprint density at radius 1 is 0.636 bits per heavy atom. The fraction of sp³-hybridized carbons (Fsp3) is 1.00. The van der Waals surface area contributed by atoms with Crippen LogP contribution in [0.2, 0.25) is 0 Å².